The Balaban J connectivity index is 1.60. The number of nitrogens with one attached hydrogen (secondary N) is 1. The van der Waals surface area contributed by atoms with Gasteiger partial charge in [-0.2, -0.15) is 0 Å². The van der Waals surface area contributed by atoms with E-state index in [1.54, 1.807) is 24.5 Å². The van der Waals surface area contributed by atoms with Crippen LogP contribution >= 0.6 is 0 Å². The summed E-state index contributed by atoms with van der Waals surface area (Å²) in [7, 11) is 0. The fourth-order valence-electron chi connectivity index (χ4n) is 3.51. The standard InChI is InChI=1S/C21H24FN3O2/c22-18-6-4-5-16(13-18)14-20(26)24-15-21(27)25-12-3-1-2-7-19(25)17-8-10-23-11-9-17/h4-6,8-11,13,19H,1-3,7,12,14-15H2,(H,24,26)/t19-/m1/s1. The van der Waals surface area contributed by atoms with Crippen LogP contribution in [-0.2, 0) is 16.0 Å². The molecule has 3 rings (SSSR count). The van der Waals surface area contributed by atoms with Crippen LogP contribution in [0.5, 0.6) is 0 Å². The van der Waals surface area contributed by atoms with Gasteiger partial charge in [0.05, 0.1) is 19.0 Å². The third-order valence-corrected chi connectivity index (χ3v) is 4.85. The van der Waals surface area contributed by atoms with E-state index in [9.17, 15) is 14.0 Å². The number of nitrogens with zero attached hydrogens (tertiary/aromatic N) is 2. The number of rotatable bonds is 5. The van der Waals surface area contributed by atoms with Crippen molar-refractivity contribution in [3.63, 3.8) is 0 Å². The topological polar surface area (TPSA) is 62.3 Å². The summed E-state index contributed by atoms with van der Waals surface area (Å²) in [6, 6.07) is 9.83. The Morgan fingerprint density at radius 1 is 1.15 bits per heavy atom. The van der Waals surface area contributed by atoms with Gasteiger partial charge in [-0.1, -0.05) is 25.0 Å². The van der Waals surface area contributed by atoms with E-state index in [0.717, 1.165) is 31.2 Å². The van der Waals surface area contributed by atoms with Crippen LogP contribution in [0.4, 0.5) is 4.39 Å². The summed E-state index contributed by atoms with van der Waals surface area (Å²) >= 11 is 0. The molecular formula is C21H24FN3O2. The van der Waals surface area contributed by atoms with Crippen molar-refractivity contribution in [3.8, 4) is 0 Å². The highest BCUT2D eigenvalue weighted by molar-refractivity contribution is 5.86. The van der Waals surface area contributed by atoms with Gasteiger partial charge in [0.2, 0.25) is 11.8 Å². The lowest BCUT2D eigenvalue weighted by Gasteiger charge is -2.30. The molecule has 0 bridgehead atoms. The highest BCUT2D eigenvalue weighted by Crippen LogP contribution is 2.29. The number of carbonyl (C=O) groups is 2. The minimum Gasteiger partial charge on any atom is -0.347 e. The number of hydrogen-bond donors (Lipinski definition) is 1. The van der Waals surface area contributed by atoms with Gasteiger partial charge in [0.25, 0.3) is 0 Å². The molecule has 0 aliphatic carbocycles. The predicted octanol–water partition coefficient (Wildman–Crippen LogP) is 3.02. The van der Waals surface area contributed by atoms with Crippen molar-refractivity contribution in [3.05, 3.63) is 65.7 Å². The summed E-state index contributed by atoms with van der Waals surface area (Å²) in [6.45, 7) is 0.640. The zero-order valence-electron chi connectivity index (χ0n) is 15.2. The van der Waals surface area contributed by atoms with Gasteiger partial charge in [0.15, 0.2) is 0 Å². The molecule has 27 heavy (non-hydrogen) atoms. The Hall–Kier alpha value is -2.76. The quantitative estimate of drug-likeness (QED) is 0.881. The van der Waals surface area contributed by atoms with Gasteiger partial charge in [-0.3, -0.25) is 14.6 Å². The first-order valence-electron chi connectivity index (χ1n) is 9.34. The molecule has 1 saturated heterocycles. The second-order valence-electron chi connectivity index (χ2n) is 6.82. The number of aromatic nitrogens is 1. The van der Waals surface area contributed by atoms with Crippen LogP contribution in [0.25, 0.3) is 0 Å². The molecule has 1 aliphatic rings. The number of benzene rings is 1. The maximum Gasteiger partial charge on any atom is 0.242 e. The first kappa shape index (κ1) is 19.0. The number of halogens is 1. The zero-order chi connectivity index (χ0) is 19.1. The number of pyridine rings is 1. The van der Waals surface area contributed by atoms with E-state index in [1.807, 2.05) is 17.0 Å². The molecule has 2 aromatic rings. The molecule has 6 heteroatoms. The SMILES string of the molecule is O=C(Cc1cccc(F)c1)NCC(=O)N1CCCCC[C@@H]1c1ccncc1. The van der Waals surface area contributed by atoms with Gasteiger partial charge in [-0.15, -0.1) is 0 Å². The third kappa shape index (κ3) is 5.36. The molecule has 0 unspecified atom stereocenters. The van der Waals surface area contributed by atoms with Crippen LogP contribution in [-0.4, -0.2) is 34.8 Å². The summed E-state index contributed by atoms with van der Waals surface area (Å²) in [4.78, 5) is 30.8. The lowest BCUT2D eigenvalue weighted by Crippen LogP contribution is -2.42. The van der Waals surface area contributed by atoms with Gasteiger partial charge >= 0.3 is 0 Å². The highest BCUT2D eigenvalue weighted by Gasteiger charge is 2.26. The molecular weight excluding hydrogens is 345 g/mol. The average molecular weight is 369 g/mol. The van der Waals surface area contributed by atoms with Gasteiger partial charge in [0.1, 0.15) is 5.82 Å². The van der Waals surface area contributed by atoms with Gasteiger partial charge in [0, 0.05) is 18.9 Å². The third-order valence-electron chi connectivity index (χ3n) is 4.85. The fourth-order valence-corrected chi connectivity index (χ4v) is 3.51. The second kappa shape index (κ2) is 9.26. The zero-order valence-corrected chi connectivity index (χ0v) is 15.2. The summed E-state index contributed by atoms with van der Waals surface area (Å²) in [5, 5.41) is 2.68. The van der Waals surface area contributed by atoms with Crippen LogP contribution < -0.4 is 5.32 Å². The Kier molecular flexibility index (Phi) is 6.52. The maximum atomic E-state index is 13.2. The first-order chi connectivity index (χ1) is 13.1. The molecule has 0 spiro atoms. The van der Waals surface area contributed by atoms with E-state index >= 15 is 0 Å². The van der Waals surface area contributed by atoms with Crippen molar-refractivity contribution in [2.75, 3.05) is 13.1 Å². The Morgan fingerprint density at radius 3 is 2.74 bits per heavy atom. The molecule has 2 heterocycles. The molecule has 5 nitrogen and oxygen atoms in total. The minimum atomic E-state index is -0.374. The van der Waals surface area contributed by atoms with Crippen molar-refractivity contribution < 1.29 is 14.0 Å². The molecule has 1 aromatic heterocycles. The van der Waals surface area contributed by atoms with Gasteiger partial charge in [-0.25, -0.2) is 4.39 Å². The number of carbonyl (C=O) groups excluding carboxylic acids is 2. The highest BCUT2D eigenvalue weighted by atomic mass is 19.1. The van der Waals surface area contributed by atoms with Crippen LogP contribution in [0, 0.1) is 5.82 Å². The lowest BCUT2D eigenvalue weighted by molar-refractivity contribution is -0.134. The fraction of sp³-hybridized carbons (Fsp3) is 0.381. The van der Waals surface area contributed by atoms with Crippen molar-refractivity contribution in [1.29, 1.82) is 0 Å². The number of amides is 2. The predicted molar refractivity (Wildman–Crippen MR) is 100 cm³/mol. The molecule has 1 aliphatic heterocycles. The lowest BCUT2D eigenvalue weighted by atomic mass is 10.0. The van der Waals surface area contributed by atoms with E-state index in [0.29, 0.717) is 12.1 Å². The van der Waals surface area contributed by atoms with Crippen LogP contribution in [0.3, 0.4) is 0 Å². The Bertz CT molecular complexity index is 782. The van der Waals surface area contributed by atoms with Gasteiger partial charge in [-0.05, 0) is 48.2 Å². The Labute approximate surface area is 158 Å². The summed E-state index contributed by atoms with van der Waals surface area (Å²) in [5.74, 6) is -0.753. The van der Waals surface area contributed by atoms with E-state index in [-0.39, 0.29) is 36.6 Å². The monoisotopic (exact) mass is 369 g/mol. The molecule has 0 saturated carbocycles. The van der Waals surface area contributed by atoms with Gasteiger partial charge < -0.3 is 10.2 Å². The normalized spacial score (nSPS) is 17.2. The van der Waals surface area contributed by atoms with Crippen molar-refractivity contribution in [2.45, 2.75) is 38.1 Å². The van der Waals surface area contributed by atoms with E-state index in [2.05, 4.69) is 10.3 Å². The van der Waals surface area contributed by atoms with Crippen LogP contribution in [0.15, 0.2) is 48.8 Å². The summed E-state index contributed by atoms with van der Waals surface area (Å²) in [6.07, 6.45) is 7.57. The number of hydrogen-bond acceptors (Lipinski definition) is 3. The van der Waals surface area contributed by atoms with Crippen LogP contribution in [0.2, 0.25) is 0 Å². The van der Waals surface area contributed by atoms with Crippen molar-refractivity contribution in [2.24, 2.45) is 0 Å². The molecule has 1 aromatic carbocycles. The van der Waals surface area contributed by atoms with E-state index < -0.39 is 0 Å². The smallest absolute Gasteiger partial charge is 0.242 e. The molecule has 1 N–H and O–H groups in total. The average Bonchev–Trinajstić information content (AvgIpc) is 2.93. The maximum absolute atomic E-state index is 13.2. The second-order valence-corrected chi connectivity index (χ2v) is 6.82. The van der Waals surface area contributed by atoms with Crippen molar-refractivity contribution in [1.82, 2.24) is 15.2 Å². The molecule has 142 valence electrons. The molecule has 2 amide bonds. The molecule has 1 fully saturated rings. The van der Waals surface area contributed by atoms with Crippen LogP contribution in [0.1, 0.15) is 42.9 Å². The van der Waals surface area contributed by atoms with Crippen molar-refractivity contribution >= 4 is 11.8 Å². The Morgan fingerprint density at radius 2 is 1.96 bits per heavy atom. The minimum absolute atomic E-state index is 0.0168. The first-order valence-corrected chi connectivity index (χ1v) is 9.34. The molecule has 0 radical (unpaired) electrons. The number of likely N-dealkylation sites (tertiary alicyclic amines) is 1. The summed E-state index contributed by atoms with van der Waals surface area (Å²) < 4.78 is 13.2. The largest absolute Gasteiger partial charge is 0.347 e. The van der Waals surface area contributed by atoms with E-state index in [1.165, 1.54) is 12.1 Å². The van der Waals surface area contributed by atoms with E-state index in [4.69, 9.17) is 0 Å². The summed E-state index contributed by atoms with van der Waals surface area (Å²) in [5.41, 5.74) is 1.66. The molecule has 1 atom stereocenters.